The molecule has 104 valence electrons. The van der Waals surface area contributed by atoms with Crippen LogP contribution in [0.2, 0.25) is 0 Å². The van der Waals surface area contributed by atoms with Crippen molar-refractivity contribution in [1.29, 1.82) is 0 Å². The van der Waals surface area contributed by atoms with Gasteiger partial charge in [-0.1, -0.05) is 42.5 Å². The second-order valence-corrected chi connectivity index (χ2v) is 5.26. The molecule has 0 spiro atoms. The van der Waals surface area contributed by atoms with Crippen LogP contribution in [0.3, 0.4) is 0 Å². The molecule has 1 heterocycles. The number of pyridine rings is 1. The normalized spacial score (nSPS) is 11.3. The van der Waals surface area contributed by atoms with Gasteiger partial charge in [0.25, 0.3) is 0 Å². The zero-order valence-electron chi connectivity index (χ0n) is 12.2. The number of aryl methyl sites for hydroxylation is 2. The molecule has 0 amide bonds. The number of phenols is 1. The van der Waals surface area contributed by atoms with Gasteiger partial charge in [0.05, 0.1) is 5.69 Å². The van der Waals surface area contributed by atoms with Gasteiger partial charge in [-0.3, -0.25) is 0 Å². The molecular weight excluding hydrogens is 258 g/mol. The summed E-state index contributed by atoms with van der Waals surface area (Å²) < 4.78 is 0. The van der Waals surface area contributed by atoms with E-state index >= 15 is 0 Å². The molecular formula is C19H17NO. The summed E-state index contributed by atoms with van der Waals surface area (Å²) >= 11 is 0. The SMILES string of the molecule is Cc1ccc(/C=C/c2ccc3cccc(O)c3n2)cc1C. The van der Waals surface area contributed by atoms with Crippen LogP contribution >= 0.6 is 0 Å². The molecule has 2 nitrogen and oxygen atoms in total. The zero-order valence-corrected chi connectivity index (χ0v) is 12.2. The Bertz CT molecular complexity index is 834. The van der Waals surface area contributed by atoms with E-state index in [4.69, 9.17) is 0 Å². The maximum atomic E-state index is 9.86. The maximum Gasteiger partial charge on any atom is 0.141 e. The standard InChI is InChI=1S/C19H17NO/c1-13-6-7-15(12-14(13)2)8-10-17-11-9-16-4-3-5-18(21)19(16)20-17/h3-12,21H,1-2H3/b10-8+. The molecule has 0 bridgehead atoms. The first-order valence-corrected chi connectivity index (χ1v) is 6.97. The highest BCUT2D eigenvalue weighted by atomic mass is 16.3. The molecule has 2 aromatic carbocycles. The Morgan fingerprint density at radius 2 is 1.76 bits per heavy atom. The number of aromatic hydroxyl groups is 1. The van der Waals surface area contributed by atoms with Gasteiger partial charge in [0.15, 0.2) is 0 Å². The first-order valence-electron chi connectivity index (χ1n) is 6.97. The molecule has 0 saturated heterocycles. The molecule has 21 heavy (non-hydrogen) atoms. The van der Waals surface area contributed by atoms with Gasteiger partial charge in [0.1, 0.15) is 11.3 Å². The number of benzene rings is 2. The van der Waals surface area contributed by atoms with Crippen LogP contribution in [0.25, 0.3) is 23.1 Å². The third kappa shape index (κ3) is 2.79. The predicted molar refractivity (Wildman–Crippen MR) is 88.3 cm³/mol. The zero-order chi connectivity index (χ0) is 14.8. The van der Waals surface area contributed by atoms with Crippen molar-refractivity contribution in [1.82, 2.24) is 4.98 Å². The Morgan fingerprint density at radius 3 is 2.57 bits per heavy atom. The van der Waals surface area contributed by atoms with Crippen LogP contribution in [-0.4, -0.2) is 10.1 Å². The average molecular weight is 275 g/mol. The molecule has 3 rings (SSSR count). The minimum absolute atomic E-state index is 0.217. The van der Waals surface area contributed by atoms with E-state index in [-0.39, 0.29) is 5.75 Å². The van der Waals surface area contributed by atoms with Gasteiger partial charge in [0, 0.05) is 5.39 Å². The van der Waals surface area contributed by atoms with Gasteiger partial charge in [-0.25, -0.2) is 4.98 Å². The van der Waals surface area contributed by atoms with E-state index in [1.165, 1.54) is 11.1 Å². The summed E-state index contributed by atoms with van der Waals surface area (Å²) in [6.45, 7) is 4.22. The highest BCUT2D eigenvalue weighted by molar-refractivity contribution is 5.85. The van der Waals surface area contributed by atoms with Crippen molar-refractivity contribution >= 4 is 23.1 Å². The van der Waals surface area contributed by atoms with Crippen molar-refractivity contribution in [3.8, 4) is 5.75 Å². The van der Waals surface area contributed by atoms with Crippen LogP contribution < -0.4 is 0 Å². The van der Waals surface area contributed by atoms with Crippen LogP contribution in [0, 0.1) is 13.8 Å². The van der Waals surface area contributed by atoms with Gasteiger partial charge < -0.3 is 5.11 Å². The van der Waals surface area contributed by atoms with Crippen LogP contribution in [0.15, 0.2) is 48.5 Å². The number of aromatic nitrogens is 1. The number of hydrogen-bond acceptors (Lipinski definition) is 2. The highest BCUT2D eigenvalue weighted by Gasteiger charge is 2.01. The third-order valence-corrected chi connectivity index (χ3v) is 3.70. The van der Waals surface area contributed by atoms with E-state index in [2.05, 4.69) is 37.0 Å². The lowest BCUT2D eigenvalue weighted by molar-refractivity contribution is 0.480. The number of hydrogen-bond donors (Lipinski definition) is 1. The lowest BCUT2D eigenvalue weighted by Gasteiger charge is -2.02. The summed E-state index contributed by atoms with van der Waals surface area (Å²) in [7, 11) is 0. The number of nitrogens with zero attached hydrogens (tertiary/aromatic N) is 1. The molecule has 3 aromatic rings. The monoisotopic (exact) mass is 275 g/mol. The van der Waals surface area contributed by atoms with Gasteiger partial charge in [-0.15, -0.1) is 0 Å². The summed E-state index contributed by atoms with van der Waals surface area (Å²) in [5.74, 6) is 0.217. The Balaban J connectivity index is 1.95. The van der Waals surface area contributed by atoms with Crippen molar-refractivity contribution in [2.75, 3.05) is 0 Å². The number of fused-ring (bicyclic) bond motifs is 1. The number of phenolic OH excluding ortho intramolecular Hbond substituents is 1. The van der Waals surface area contributed by atoms with Crippen LogP contribution in [0.1, 0.15) is 22.4 Å². The van der Waals surface area contributed by atoms with Gasteiger partial charge in [0.2, 0.25) is 0 Å². The van der Waals surface area contributed by atoms with Crippen LogP contribution in [-0.2, 0) is 0 Å². The van der Waals surface area contributed by atoms with Gasteiger partial charge in [-0.2, -0.15) is 0 Å². The van der Waals surface area contributed by atoms with E-state index in [9.17, 15) is 5.11 Å². The van der Waals surface area contributed by atoms with E-state index < -0.39 is 0 Å². The Labute approximate surface area is 124 Å². The number of para-hydroxylation sites is 1. The van der Waals surface area contributed by atoms with Crippen molar-refractivity contribution < 1.29 is 5.11 Å². The fraction of sp³-hybridized carbons (Fsp3) is 0.105. The summed E-state index contributed by atoms with van der Waals surface area (Å²) in [4.78, 5) is 4.49. The first kappa shape index (κ1) is 13.4. The smallest absolute Gasteiger partial charge is 0.141 e. The molecule has 1 N–H and O–H groups in total. The highest BCUT2D eigenvalue weighted by Crippen LogP contribution is 2.23. The molecule has 0 fully saturated rings. The van der Waals surface area contributed by atoms with Crippen LogP contribution in [0.5, 0.6) is 5.75 Å². The second kappa shape index (κ2) is 5.41. The molecule has 0 aliphatic heterocycles. The van der Waals surface area contributed by atoms with Gasteiger partial charge >= 0.3 is 0 Å². The quantitative estimate of drug-likeness (QED) is 0.733. The van der Waals surface area contributed by atoms with E-state index in [0.717, 1.165) is 16.6 Å². The molecule has 0 aliphatic carbocycles. The Hall–Kier alpha value is -2.61. The molecule has 0 unspecified atom stereocenters. The first-order chi connectivity index (χ1) is 10.1. The fourth-order valence-electron chi connectivity index (χ4n) is 2.29. The largest absolute Gasteiger partial charge is 0.506 e. The van der Waals surface area contributed by atoms with Crippen molar-refractivity contribution in [3.05, 3.63) is 70.9 Å². The summed E-state index contributed by atoms with van der Waals surface area (Å²) in [6, 6.07) is 15.7. The maximum absolute atomic E-state index is 9.86. The minimum Gasteiger partial charge on any atom is -0.506 e. The molecule has 0 saturated carbocycles. The molecule has 0 radical (unpaired) electrons. The second-order valence-electron chi connectivity index (χ2n) is 5.26. The number of rotatable bonds is 2. The molecule has 0 aliphatic rings. The topological polar surface area (TPSA) is 33.1 Å². The lowest BCUT2D eigenvalue weighted by atomic mass is 10.1. The lowest BCUT2D eigenvalue weighted by Crippen LogP contribution is -1.84. The summed E-state index contributed by atoms with van der Waals surface area (Å²) in [6.07, 6.45) is 4.01. The third-order valence-electron chi connectivity index (χ3n) is 3.70. The van der Waals surface area contributed by atoms with Crippen molar-refractivity contribution in [2.45, 2.75) is 13.8 Å². The minimum atomic E-state index is 0.217. The Kier molecular flexibility index (Phi) is 3.44. The molecule has 0 atom stereocenters. The Morgan fingerprint density at radius 1 is 0.905 bits per heavy atom. The van der Waals surface area contributed by atoms with E-state index in [1.54, 1.807) is 6.07 Å². The van der Waals surface area contributed by atoms with E-state index in [0.29, 0.717) is 5.52 Å². The predicted octanol–water partition coefficient (Wildman–Crippen LogP) is 4.73. The fourth-order valence-corrected chi connectivity index (χ4v) is 2.29. The van der Waals surface area contributed by atoms with Crippen molar-refractivity contribution in [3.63, 3.8) is 0 Å². The van der Waals surface area contributed by atoms with Crippen LogP contribution in [0.4, 0.5) is 0 Å². The molecule has 2 heteroatoms. The van der Waals surface area contributed by atoms with Crippen molar-refractivity contribution in [2.24, 2.45) is 0 Å². The summed E-state index contributed by atoms with van der Waals surface area (Å²) in [5.41, 5.74) is 5.20. The van der Waals surface area contributed by atoms with Gasteiger partial charge in [-0.05, 0) is 48.7 Å². The van der Waals surface area contributed by atoms with E-state index in [1.807, 2.05) is 36.4 Å². The molecule has 1 aromatic heterocycles. The summed E-state index contributed by atoms with van der Waals surface area (Å²) in [5, 5.41) is 10.8. The average Bonchev–Trinajstić information content (AvgIpc) is 2.49.